The van der Waals surface area contributed by atoms with Gasteiger partial charge in [-0.3, -0.25) is 14.9 Å². The second-order valence-electron chi connectivity index (χ2n) is 4.26. The van der Waals surface area contributed by atoms with Crippen LogP contribution in [-0.4, -0.2) is 16.6 Å². The number of nitro benzene ring substituents is 1. The van der Waals surface area contributed by atoms with Crippen LogP contribution in [0.15, 0.2) is 47.4 Å². The first-order valence-corrected chi connectivity index (χ1v) is 7.43. The Hall–Kier alpha value is -2.19. The van der Waals surface area contributed by atoms with Gasteiger partial charge in [-0.05, 0) is 18.2 Å². The van der Waals surface area contributed by atoms with Crippen LogP contribution in [0.25, 0.3) is 0 Å². The van der Waals surface area contributed by atoms with E-state index in [1.54, 1.807) is 0 Å². The van der Waals surface area contributed by atoms with Crippen LogP contribution >= 0.6 is 23.4 Å². The third-order valence-corrected chi connectivity index (χ3v) is 4.02. The fraction of sp³-hybridized carbons (Fsp3) is 0.0714. The molecule has 0 fully saturated rings. The molecule has 0 aliphatic rings. The zero-order valence-corrected chi connectivity index (χ0v) is 12.9. The molecule has 0 aliphatic carbocycles. The summed E-state index contributed by atoms with van der Waals surface area (Å²) in [6.45, 7) is 0. The molecule has 5 nitrogen and oxygen atoms in total. The van der Waals surface area contributed by atoms with Crippen molar-refractivity contribution < 1.29 is 18.5 Å². The zero-order valence-electron chi connectivity index (χ0n) is 11.3. The number of amides is 1. The summed E-state index contributed by atoms with van der Waals surface area (Å²) in [6.07, 6.45) is 0. The Labute approximate surface area is 138 Å². The number of carbonyl (C=O) groups is 1. The Morgan fingerprint density at radius 3 is 2.61 bits per heavy atom. The minimum atomic E-state index is -2.71. The minimum absolute atomic E-state index is 0.0305. The number of rotatable bonds is 5. The summed E-state index contributed by atoms with van der Waals surface area (Å²) >= 11 is 6.08. The number of nitrogens with one attached hydrogen (secondary N) is 1. The fourth-order valence-corrected chi connectivity index (χ4v) is 2.68. The van der Waals surface area contributed by atoms with Crippen molar-refractivity contribution >= 4 is 40.6 Å². The quantitative estimate of drug-likeness (QED) is 0.472. The molecule has 0 saturated heterocycles. The minimum Gasteiger partial charge on any atom is -0.321 e. The number of carbonyl (C=O) groups excluding carboxylic acids is 1. The lowest BCUT2D eigenvalue weighted by atomic mass is 10.2. The van der Waals surface area contributed by atoms with Gasteiger partial charge in [-0.1, -0.05) is 35.5 Å². The van der Waals surface area contributed by atoms with E-state index in [1.165, 1.54) is 36.4 Å². The molecule has 0 atom stereocenters. The monoisotopic (exact) mass is 358 g/mol. The summed E-state index contributed by atoms with van der Waals surface area (Å²) < 4.78 is 25.2. The lowest BCUT2D eigenvalue weighted by molar-refractivity contribution is -0.384. The van der Waals surface area contributed by atoms with Crippen LogP contribution in [0.2, 0.25) is 5.02 Å². The first-order valence-electron chi connectivity index (χ1n) is 6.17. The normalized spacial score (nSPS) is 10.6. The third-order valence-electron chi connectivity index (χ3n) is 2.74. The highest BCUT2D eigenvalue weighted by molar-refractivity contribution is 7.99. The van der Waals surface area contributed by atoms with Gasteiger partial charge in [0.25, 0.3) is 17.4 Å². The van der Waals surface area contributed by atoms with E-state index >= 15 is 0 Å². The van der Waals surface area contributed by atoms with Crippen molar-refractivity contribution in [2.45, 2.75) is 10.7 Å². The van der Waals surface area contributed by atoms with Gasteiger partial charge in [0.05, 0.1) is 20.5 Å². The summed E-state index contributed by atoms with van der Waals surface area (Å²) in [5, 5.41) is 13.2. The molecule has 2 rings (SSSR count). The first kappa shape index (κ1) is 17.2. The highest BCUT2D eigenvalue weighted by Crippen LogP contribution is 2.37. The van der Waals surface area contributed by atoms with Crippen molar-refractivity contribution in [1.29, 1.82) is 0 Å². The lowest BCUT2D eigenvalue weighted by Crippen LogP contribution is -2.13. The van der Waals surface area contributed by atoms with Crippen molar-refractivity contribution in [3.8, 4) is 0 Å². The summed E-state index contributed by atoms with van der Waals surface area (Å²) in [5.41, 5.74) is -0.0996. The van der Waals surface area contributed by atoms with E-state index in [0.717, 1.165) is 6.07 Å². The maximum atomic E-state index is 12.6. The fourth-order valence-electron chi connectivity index (χ4n) is 1.77. The van der Waals surface area contributed by atoms with E-state index in [9.17, 15) is 23.7 Å². The predicted octanol–water partition coefficient (Wildman–Crippen LogP) is 4.82. The number of non-ortho nitro benzene ring substituents is 1. The molecule has 1 N–H and O–H groups in total. The van der Waals surface area contributed by atoms with E-state index in [4.69, 9.17) is 11.6 Å². The van der Waals surface area contributed by atoms with Crippen LogP contribution in [-0.2, 0) is 0 Å². The Morgan fingerprint density at radius 1 is 1.26 bits per heavy atom. The number of nitrogens with zero attached hydrogens (tertiary/aromatic N) is 1. The van der Waals surface area contributed by atoms with Crippen LogP contribution in [0.5, 0.6) is 0 Å². The largest absolute Gasteiger partial charge is 0.321 e. The van der Waals surface area contributed by atoms with E-state index in [-0.39, 0.29) is 38.6 Å². The second-order valence-corrected chi connectivity index (χ2v) is 5.66. The number of halogens is 3. The average molecular weight is 359 g/mol. The maximum absolute atomic E-state index is 12.6. The van der Waals surface area contributed by atoms with Gasteiger partial charge in [0, 0.05) is 17.7 Å². The molecule has 0 heterocycles. The topological polar surface area (TPSA) is 72.2 Å². The Kier molecular flexibility index (Phi) is 5.51. The van der Waals surface area contributed by atoms with Gasteiger partial charge in [0.15, 0.2) is 0 Å². The molecule has 0 radical (unpaired) electrons. The number of nitro groups is 1. The average Bonchev–Trinajstić information content (AvgIpc) is 2.50. The van der Waals surface area contributed by atoms with Crippen molar-refractivity contribution in [1.82, 2.24) is 0 Å². The number of thioether (sulfide) groups is 1. The second kappa shape index (κ2) is 7.38. The molecule has 120 valence electrons. The van der Waals surface area contributed by atoms with Gasteiger partial charge in [0.2, 0.25) is 0 Å². The van der Waals surface area contributed by atoms with Crippen LogP contribution < -0.4 is 5.32 Å². The summed E-state index contributed by atoms with van der Waals surface area (Å²) in [6, 6.07) is 9.43. The molecular formula is C14H9ClF2N2O3S. The smallest absolute Gasteiger partial charge is 0.289 e. The molecule has 1 amide bonds. The van der Waals surface area contributed by atoms with Crippen LogP contribution in [0.1, 0.15) is 10.4 Å². The van der Waals surface area contributed by atoms with Gasteiger partial charge in [-0.25, -0.2) is 0 Å². The SMILES string of the molecule is O=C(Nc1cccc(Cl)c1SC(F)F)c1cccc([N+](=O)[O-])c1. The molecule has 23 heavy (non-hydrogen) atoms. The summed E-state index contributed by atoms with van der Waals surface area (Å²) in [5.74, 6) is -3.37. The predicted molar refractivity (Wildman–Crippen MR) is 84.4 cm³/mol. The summed E-state index contributed by atoms with van der Waals surface area (Å²) in [4.78, 5) is 22.3. The standard InChI is InChI=1S/C14H9ClF2N2O3S/c15-10-5-2-6-11(12(10)23-14(16)17)18-13(20)8-3-1-4-9(7-8)19(21)22/h1-7,14H,(H,18,20). The molecule has 0 aliphatic heterocycles. The molecule has 0 saturated carbocycles. The van der Waals surface area contributed by atoms with Crippen molar-refractivity contribution in [3.63, 3.8) is 0 Å². The Bertz CT molecular complexity index is 759. The molecule has 0 bridgehead atoms. The number of anilines is 1. The molecule has 0 aromatic heterocycles. The summed E-state index contributed by atoms with van der Waals surface area (Å²) in [7, 11) is 0. The van der Waals surface area contributed by atoms with Crippen LogP contribution in [0, 0.1) is 10.1 Å². The maximum Gasteiger partial charge on any atom is 0.289 e. The van der Waals surface area contributed by atoms with Gasteiger partial charge < -0.3 is 5.32 Å². The number of hydrogen-bond donors (Lipinski definition) is 1. The van der Waals surface area contributed by atoms with E-state index < -0.39 is 16.6 Å². The Morgan fingerprint density at radius 2 is 1.96 bits per heavy atom. The van der Waals surface area contributed by atoms with Gasteiger partial charge in [0.1, 0.15) is 0 Å². The molecule has 2 aromatic carbocycles. The van der Waals surface area contributed by atoms with E-state index in [0.29, 0.717) is 0 Å². The zero-order chi connectivity index (χ0) is 17.0. The van der Waals surface area contributed by atoms with Gasteiger partial charge in [-0.15, -0.1) is 0 Å². The van der Waals surface area contributed by atoms with Crippen molar-refractivity contribution in [2.75, 3.05) is 5.32 Å². The molecule has 0 spiro atoms. The third kappa shape index (κ3) is 4.40. The van der Waals surface area contributed by atoms with Gasteiger partial charge >= 0.3 is 0 Å². The molecule has 9 heteroatoms. The highest BCUT2D eigenvalue weighted by atomic mass is 35.5. The Balaban J connectivity index is 2.29. The molecular weight excluding hydrogens is 350 g/mol. The van der Waals surface area contributed by atoms with E-state index in [2.05, 4.69) is 5.32 Å². The van der Waals surface area contributed by atoms with Gasteiger partial charge in [-0.2, -0.15) is 8.78 Å². The number of alkyl halides is 2. The van der Waals surface area contributed by atoms with Crippen LogP contribution in [0.3, 0.4) is 0 Å². The van der Waals surface area contributed by atoms with Crippen molar-refractivity contribution in [3.05, 3.63) is 63.2 Å². The molecule has 0 unspecified atom stereocenters. The lowest BCUT2D eigenvalue weighted by Gasteiger charge is -2.12. The van der Waals surface area contributed by atoms with E-state index in [1.807, 2.05) is 0 Å². The number of hydrogen-bond acceptors (Lipinski definition) is 4. The highest BCUT2D eigenvalue weighted by Gasteiger charge is 2.17. The van der Waals surface area contributed by atoms with Crippen LogP contribution in [0.4, 0.5) is 20.2 Å². The number of benzene rings is 2. The van der Waals surface area contributed by atoms with Crippen molar-refractivity contribution in [2.24, 2.45) is 0 Å². The first-order chi connectivity index (χ1) is 10.9. The molecule has 2 aromatic rings.